The van der Waals surface area contributed by atoms with Crippen LogP contribution >= 0.6 is 0 Å². The first-order valence-corrected chi connectivity index (χ1v) is 9.75. The molecule has 0 unspecified atom stereocenters. The van der Waals surface area contributed by atoms with Crippen LogP contribution in [0.15, 0.2) is 30.6 Å². The maximum Gasteiger partial charge on any atom is 0.228 e. The standard InChI is InChI=1S/C16H21N5O2S/c1-12-5-3-8-17-15(12)20-16-18-9-7-14(19-16)13-6-4-10-21(11-13)24(2,22)23/h3,5,7-9,13H,4,6,10-11H2,1-2H3,(H,17,18,19,20)/t13-/m0/s1. The number of rotatable bonds is 4. The molecule has 3 heterocycles. The quantitative estimate of drug-likeness (QED) is 0.911. The van der Waals surface area contributed by atoms with Crippen LogP contribution in [-0.4, -0.2) is 47.0 Å². The molecule has 0 bridgehead atoms. The monoisotopic (exact) mass is 347 g/mol. The molecular weight excluding hydrogens is 326 g/mol. The molecule has 128 valence electrons. The Labute approximate surface area is 142 Å². The normalized spacial score (nSPS) is 19.2. The van der Waals surface area contributed by atoms with Crippen molar-refractivity contribution < 1.29 is 8.42 Å². The molecule has 8 heteroatoms. The van der Waals surface area contributed by atoms with Crippen molar-refractivity contribution in [1.29, 1.82) is 0 Å². The average molecular weight is 347 g/mol. The van der Waals surface area contributed by atoms with Gasteiger partial charge < -0.3 is 5.32 Å². The summed E-state index contributed by atoms with van der Waals surface area (Å²) in [7, 11) is -3.17. The van der Waals surface area contributed by atoms with E-state index < -0.39 is 10.0 Å². The number of nitrogens with zero attached hydrogens (tertiary/aromatic N) is 4. The Morgan fingerprint density at radius 1 is 1.25 bits per heavy atom. The molecule has 0 spiro atoms. The maximum atomic E-state index is 11.8. The summed E-state index contributed by atoms with van der Waals surface area (Å²) in [6, 6.07) is 5.69. The molecule has 1 fully saturated rings. The van der Waals surface area contributed by atoms with E-state index in [0.29, 0.717) is 19.0 Å². The zero-order chi connectivity index (χ0) is 17.2. The van der Waals surface area contributed by atoms with Crippen molar-refractivity contribution in [2.45, 2.75) is 25.7 Å². The van der Waals surface area contributed by atoms with E-state index in [9.17, 15) is 8.42 Å². The molecule has 3 rings (SSSR count). The molecule has 7 nitrogen and oxygen atoms in total. The molecule has 2 aromatic rings. The van der Waals surface area contributed by atoms with Gasteiger partial charge in [-0.2, -0.15) is 0 Å². The van der Waals surface area contributed by atoms with E-state index in [4.69, 9.17) is 0 Å². The number of piperidine rings is 1. The largest absolute Gasteiger partial charge is 0.309 e. The number of pyridine rings is 1. The number of hydrogen-bond acceptors (Lipinski definition) is 6. The minimum absolute atomic E-state index is 0.0851. The lowest BCUT2D eigenvalue weighted by molar-refractivity contribution is 0.314. The molecule has 2 aromatic heterocycles. The van der Waals surface area contributed by atoms with E-state index >= 15 is 0 Å². The second-order valence-corrected chi connectivity index (χ2v) is 8.04. The van der Waals surface area contributed by atoms with Gasteiger partial charge in [0.25, 0.3) is 0 Å². The van der Waals surface area contributed by atoms with Gasteiger partial charge in [0.1, 0.15) is 5.82 Å². The van der Waals surface area contributed by atoms with Gasteiger partial charge >= 0.3 is 0 Å². The van der Waals surface area contributed by atoms with E-state index in [1.54, 1.807) is 12.4 Å². The highest BCUT2D eigenvalue weighted by Gasteiger charge is 2.27. The van der Waals surface area contributed by atoms with E-state index in [0.717, 1.165) is 29.9 Å². The van der Waals surface area contributed by atoms with Crippen LogP contribution in [0.1, 0.15) is 30.0 Å². The van der Waals surface area contributed by atoms with Crippen LogP contribution in [0.3, 0.4) is 0 Å². The Hall–Kier alpha value is -2.06. The van der Waals surface area contributed by atoms with Crippen LogP contribution < -0.4 is 5.32 Å². The van der Waals surface area contributed by atoms with Gasteiger partial charge in [-0.3, -0.25) is 0 Å². The number of hydrogen-bond donors (Lipinski definition) is 1. The summed E-state index contributed by atoms with van der Waals surface area (Å²) in [5.41, 5.74) is 1.86. The topological polar surface area (TPSA) is 88.1 Å². The Balaban J connectivity index is 1.79. The molecule has 1 aliphatic rings. The molecule has 0 amide bonds. The highest BCUT2D eigenvalue weighted by molar-refractivity contribution is 7.88. The summed E-state index contributed by atoms with van der Waals surface area (Å²) in [5.74, 6) is 1.28. The Bertz CT molecular complexity index is 825. The predicted molar refractivity (Wildman–Crippen MR) is 92.7 cm³/mol. The van der Waals surface area contributed by atoms with Gasteiger partial charge in [0.15, 0.2) is 0 Å². The van der Waals surface area contributed by atoms with Crippen molar-refractivity contribution in [3.05, 3.63) is 41.9 Å². The summed E-state index contributed by atoms with van der Waals surface area (Å²) in [5, 5.41) is 3.13. The van der Waals surface area contributed by atoms with Crippen molar-refractivity contribution in [2.75, 3.05) is 24.7 Å². The second-order valence-electron chi connectivity index (χ2n) is 6.06. The molecule has 24 heavy (non-hydrogen) atoms. The van der Waals surface area contributed by atoms with E-state index in [1.807, 2.05) is 25.1 Å². The Morgan fingerprint density at radius 3 is 2.83 bits per heavy atom. The summed E-state index contributed by atoms with van der Waals surface area (Å²) in [4.78, 5) is 13.1. The fraction of sp³-hybridized carbons (Fsp3) is 0.438. The molecular formula is C16H21N5O2S. The van der Waals surface area contributed by atoms with Crippen LogP contribution in [0.4, 0.5) is 11.8 Å². The molecule has 0 aromatic carbocycles. The molecule has 1 N–H and O–H groups in total. The van der Waals surface area contributed by atoms with Crippen LogP contribution in [0.25, 0.3) is 0 Å². The van der Waals surface area contributed by atoms with Crippen molar-refractivity contribution in [3.63, 3.8) is 0 Å². The number of sulfonamides is 1. The lowest BCUT2D eigenvalue weighted by Gasteiger charge is -2.30. The van der Waals surface area contributed by atoms with Crippen molar-refractivity contribution in [2.24, 2.45) is 0 Å². The summed E-state index contributed by atoms with van der Waals surface area (Å²) < 4.78 is 25.1. The molecule has 0 radical (unpaired) electrons. The minimum Gasteiger partial charge on any atom is -0.309 e. The fourth-order valence-corrected chi connectivity index (χ4v) is 3.78. The zero-order valence-corrected chi connectivity index (χ0v) is 14.6. The van der Waals surface area contributed by atoms with Crippen LogP contribution in [0.2, 0.25) is 0 Å². The number of aromatic nitrogens is 3. The van der Waals surface area contributed by atoms with E-state index in [-0.39, 0.29) is 5.92 Å². The fourth-order valence-electron chi connectivity index (χ4n) is 2.87. The van der Waals surface area contributed by atoms with Crippen LogP contribution in [0.5, 0.6) is 0 Å². The van der Waals surface area contributed by atoms with Gasteiger partial charge in [0, 0.05) is 31.4 Å². The third kappa shape index (κ3) is 3.88. The van der Waals surface area contributed by atoms with E-state index in [2.05, 4.69) is 20.3 Å². The smallest absolute Gasteiger partial charge is 0.228 e. The Kier molecular flexibility index (Phi) is 4.77. The highest BCUT2D eigenvalue weighted by atomic mass is 32.2. The van der Waals surface area contributed by atoms with Gasteiger partial charge in [0.2, 0.25) is 16.0 Å². The molecule has 0 saturated carbocycles. The molecule has 1 aliphatic heterocycles. The Morgan fingerprint density at radius 2 is 2.08 bits per heavy atom. The van der Waals surface area contributed by atoms with Crippen molar-refractivity contribution in [1.82, 2.24) is 19.3 Å². The minimum atomic E-state index is -3.17. The number of anilines is 2. The SMILES string of the molecule is Cc1cccnc1Nc1nccc([C@H]2CCCN(S(C)(=O)=O)C2)n1. The summed E-state index contributed by atoms with van der Waals surface area (Å²) in [6.45, 7) is 3.01. The maximum absolute atomic E-state index is 11.8. The predicted octanol–water partition coefficient (Wildman–Crippen LogP) is 2.06. The van der Waals surface area contributed by atoms with Gasteiger partial charge in [-0.05, 0) is 37.5 Å². The first kappa shape index (κ1) is 16.8. The lowest BCUT2D eigenvalue weighted by Crippen LogP contribution is -2.38. The van der Waals surface area contributed by atoms with Crippen molar-refractivity contribution >= 4 is 21.8 Å². The van der Waals surface area contributed by atoms with Gasteiger partial charge in [0.05, 0.1) is 11.9 Å². The van der Waals surface area contributed by atoms with Gasteiger partial charge in [-0.15, -0.1) is 0 Å². The third-order valence-corrected chi connectivity index (χ3v) is 5.46. The third-order valence-electron chi connectivity index (χ3n) is 4.19. The van der Waals surface area contributed by atoms with E-state index in [1.165, 1.54) is 10.6 Å². The summed E-state index contributed by atoms with van der Waals surface area (Å²) in [6.07, 6.45) is 6.42. The van der Waals surface area contributed by atoms with Crippen molar-refractivity contribution in [3.8, 4) is 0 Å². The lowest BCUT2D eigenvalue weighted by atomic mass is 9.96. The highest BCUT2D eigenvalue weighted by Crippen LogP contribution is 2.27. The first-order chi connectivity index (χ1) is 11.4. The molecule has 0 aliphatic carbocycles. The summed E-state index contributed by atoms with van der Waals surface area (Å²) >= 11 is 0. The van der Waals surface area contributed by atoms with Gasteiger partial charge in [-0.1, -0.05) is 6.07 Å². The zero-order valence-electron chi connectivity index (χ0n) is 13.8. The first-order valence-electron chi connectivity index (χ1n) is 7.90. The van der Waals surface area contributed by atoms with Gasteiger partial charge in [-0.25, -0.2) is 27.7 Å². The van der Waals surface area contributed by atoms with Crippen LogP contribution in [0, 0.1) is 6.92 Å². The number of nitrogens with one attached hydrogen (secondary N) is 1. The average Bonchev–Trinajstić information content (AvgIpc) is 2.57. The van der Waals surface area contributed by atoms with Crippen LogP contribution in [-0.2, 0) is 10.0 Å². The number of aryl methyl sites for hydroxylation is 1. The molecule has 1 atom stereocenters. The second kappa shape index (κ2) is 6.82. The molecule has 1 saturated heterocycles.